The van der Waals surface area contributed by atoms with Gasteiger partial charge < -0.3 is 9.80 Å². The third kappa shape index (κ3) is 2.55. The number of piperazine rings is 1. The van der Waals surface area contributed by atoms with Gasteiger partial charge in [-0.25, -0.2) is 9.97 Å². The Morgan fingerprint density at radius 1 is 1.26 bits per heavy atom. The normalized spacial score (nSPS) is 22.7. The monoisotopic (exact) mass is 327 g/mol. The van der Waals surface area contributed by atoms with Crippen LogP contribution < -0.4 is 4.90 Å². The molecule has 0 spiro atoms. The first-order valence-corrected chi connectivity index (χ1v) is 8.83. The molecule has 7 heteroatoms. The second kappa shape index (κ2) is 5.81. The number of carbonyl (C=O) groups is 1. The molecule has 0 N–H and O–H groups in total. The van der Waals surface area contributed by atoms with Crippen molar-refractivity contribution in [3.05, 3.63) is 42.4 Å². The van der Waals surface area contributed by atoms with Gasteiger partial charge in [-0.3, -0.25) is 9.78 Å². The van der Waals surface area contributed by atoms with Crippen molar-refractivity contribution in [2.75, 3.05) is 24.2 Å². The lowest BCUT2D eigenvalue weighted by molar-refractivity contribution is 0.00570. The van der Waals surface area contributed by atoms with Crippen molar-refractivity contribution < 1.29 is 4.79 Å². The zero-order valence-electron chi connectivity index (χ0n) is 12.8. The summed E-state index contributed by atoms with van der Waals surface area (Å²) in [6.07, 6.45) is 8.17. The molecular formula is C16H17N5OS. The number of thioether (sulfide) groups is 1. The Hall–Kier alpha value is -2.15. The number of pyridine rings is 1. The van der Waals surface area contributed by atoms with Crippen LogP contribution in [-0.4, -0.2) is 57.2 Å². The van der Waals surface area contributed by atoms with Crippen molar-refractivity contribution in [3.8, 4) is 0 Å². The van der Waals surface area contributed by atoms with Crippen LogP contribution in [0.15, 0.2) is 41.9 Å². The summed E-state index contributed by atoms with van der Waals surface area (Å²) in [5.74, 6) is 1.04. The molecule has 2 aromatic rings. The molecular weight excluding hydrogens is 310 g/mol. The number of rotatable bonds is 3. The van der Waals surface area contributed by atoms with Crippen molar-refractivity contribution in [2.45, 2.75) is 23.7 Å². The summed E-state index contributed by atoms with van der Waals surface area (Å²) in [4.78, 5) is 29.7. The molecule has 0 aliphatic carbocycles. The van der Waals surface area contributed by atoms with E-state index in [2.05, 4.69) is 19.9 Å². The molecule has 2 unspecified atom stereocenters. The van der Waals surface area contributed by atoms with Crippen molar-refractivity contribution in [3.63, 3.8) is 0 Å². The lowest BCUT2D eigenvalue weighted by Crippen LogP contribution is -2.70. The van der Waals surface area contributed by atoms with Crippen LogP contribution in [0.4, 0.5) is 5.82 Å². The molecule has 1 amide bonds. The zero-order valence-corrected chi connectivity index (χ0v) is 13.6. The summed E-state index contributed by atoms with van der Waals surface area (Å²) in [5.41, 5.74) is 0.669. The van der Waals surface area contributed by atoms with Crippen LogP contribution in [-0.2, 0) is 0 Å². The van der Waals surface area contributed by atoms with Crippen LogP contribution in [0.1, 0.15) is 16.8 Å². The van der Waals surface area contributed by atoms with Gasteiger partial charge in [0, 0.05) is 31.7 Å². The molecule has 2 aromatic heterocycles. The van der Waals surface area contributed by atoms with E-state index in [1.54, 1.807) is 36.4 Å². The van der Waals surface area contributed by atoms with Crippen molar-refractivity contribution in [2.24, 2.45) is 0 Å². The Labute approximate surface area is 138 Å². The number of hydrogen-bond acceptors (Lipinski definition) is 6. The summed E-state index contributed by atoms with van der Waals surface area (Å²) in [6.45, 7) is 1.65. The molecule has 0 radical (unpaired) electrons. The molecule has 23 heavy (non-hydrogen) atoms. The third-order valence-corrected chi connectivity index (χ3v) is 5.02. The van der Waals surface area contributed by atoms with Crippen molar-refractivity contribution >= 4 is 23.5 Å². The van der Waals surface area contributed by atoms with Crippen LogP contribution in [0.2, 0.25) is 0 Å². The molecule has 6 nitrogen and oxygen atoms in total. The highest BCUT2D eigenvalue weighted by atomic mass is 32.2. The maximum absolute atomic E-state index is 12.6. The Morgan fingerprint density at radius 2 is 2.09 bits per heavy atom. The Balaban J connectivity index is 1.49. The molecule has 5 rings (SSSR count). The first kappa shape index (κ1) is 14.4. The fourth-order valence-electron chi connectivity index (χ4n) is 3.37. The maximum atomic E-state index is 12.6. The Kier molecular flexibility index (Phi) is 3.65. The standard InChI is InChI=1S/C16H17N5OS/c1-23-16-18-6-4-14(19-16)20-9-12-7-13(10-20)21(12)15(22)11-3-2-5-17-8-11/h2-6,8,12-13H,7,9-10H2,1H3. The van der Waals surface area contributed by atoms with Gasteiger partial charge in [-0.05, 0) is 30.9 Å². The molecule has 2 atom stereocenters. The van der Waals surface area contributed by atoms with Gasteiger partial charge in [-0.15, -0.1) is 0 Å². The Morgan fingerprint density at radius 3 is 2.78 bits per heavy atom. The van der Waals surface area contributed by atoms with Gasteiger partial charge in [-0.1, -0.05) is 11.8 Å². The second-order valence-electron chi connectivity index (χ2n) is 5.80. The van der Waals surface area contributed by atoms with E-state index in [1.807, 2.05) is 23.3 Å². The van der Waals surface area contributed by atoms with Gasteiger partial charge >= 0.3 is 0 Å². The number of nitrogens with zero attached hydrogens (tertiary/aromatic N) is 5. The van der Waals surface area contributed by atoms with Crippen LogP contribution in [0.5, 0.6) is 0 Å². The maximum Gasteiger partial charge on any atom is 0.256 e. The highest BCUT2D eigenvalue weighted by Gasteiger charge is 2.47. The van der Waals surface area contributed by atoms with E-state index < -0.39 is 0 Å². The third-order valence-electron chi connectivity index (χ3n) is 4.46. The van der Waals surface area contributed by atoms with Gasteiger partial charge in [-0.2, -0.15) is 0 Å². The molecule has 3 saturated heterocycles. The summed E-state index contributed by atoms with van der Waals surface area (Å²) in [7, 11) is 0. The van der Waals surface area contributed by atoms with E-state index in [-0.39, 0.29) is 18.0 Å². The largest absolute Gasteiger partial charge is 0.352 e. The topological polar surface area (TPSA) is 62.2 Å². The van der Waals surface area contributed by atoms with Crippen LogP contribution >= 0.6 is 11.8 Å². The number of piperidine rings is 1. The highest BCUT2D eigenvalue weighted by molar-refractivity contribution is 7.98. The van der Waals surface area contributed by atoms with Gasteiger partial charge in [0.05, 0.1) is 17.6 Å². The molecule has 0 aromatic carbocycles. The molecule has 3 aliphatic heterocycles. The quantitative estimate of drug-likeness (QED) is 0.632. The fraction of sp³-hybridized carbons (Fsp3) is 0.375. The van der Waals surface area contributed by atoms with Crippen LogP contribution in [0, 0.1) is 0 Å². The molecule has 5 heterocycles. The minimum atomic E-state index is 0.0893. The predicted molar refractivity (Wildman–Crippen MR) is 88.6 cm³/mol. The van der Waals surface area contributed by atoms with Crippen molar-refractivity contribution in [1.82, 2.24) is 19.9 Å². The average Bonchev–Trinajstić information content (AvgIpc) is 2.62. The van der Waals surface area contributed by atoms with E-state index in [9.17, 15) is 4.79 Å². The first-order chi connectivity index (χ1) is 11.3. The van der Waals surface area contributed by atoms with E-state index in [0.29, 0.717) is 5.56 Å². The van der Waals surface area contributed by atoms with E-state index in [0.717, 1.165) is 30.5 Å². The average molecular weight is 327 g/mol. The van der Waals surface area contributed by atoms with Crippen LogP contribution in [0.25, 0.3) is 0 Å². The van der Waals surface area contributed by atoms with Crippen LogP contribution in [0.3, 0.4) is 0 Å². The smallest absolute Gasteiger partial charge is 0.256 e. The summed E-state index contributed by atoms with van der Waals surface area (Å²) in [6, 6.07) is 6.09. The number of carbonyl (C=O) groups excluding carboxylic acids is 1. The van der Waals surface area contributed by atoms with Gasteiger partial charge in [0.25, 0.3) is 5.91 Å². The molecule has 118 valence electrons. The summed E-state index contributed by atoms with van der Waals surface area (Å²) in [5, 5.41) is 0.782. The minimum Gasteiger partial charge on any atom is -0.352 e. The lowest BCUT2D eigenvalue weighted by atomic mass is 9.86. The SMILES string of the molecule is CSc1nccc(N2CC3CC(C2)N3C(=O)c2cccnc2)n1. The zero-order chi connectivity index (χ0) is 15.8. The number of hydrogen-bond donors (Lipinski definition) is 0. The predicted octanol–water partition coefficient (Wildman–Crippen LogP) is 1.70. The van der Waals surface area contributed by atoms with Gasteiger partial charge in [0.2, 0.25) is 0 Å². The first-order valence-electron chi connectivity index (χ1n) is 7.61. The molecule has 0 saturated carbocycles. The summed E-state index contributed by atoms with van der Waals surface area (Å²) >= 11 is 1.54. The minimum absolute atomic E-state index is 0.0893. The molecule has 2 bridgehead atoms. The Bertz CT molecular complexity index is 713. The number of aromatic nitrogens is 3. The number of amides is 1. The number of anilines is 1. The number of fused-ring (bicyclic) bond motifs is 2. The molecule has 3 fully saturated rings. The van der Waals surface area contributed by atoms with Crippen molar-refractivity contribution in [1.29, 1.82) is 0 Å². The molecule has 3 aliphatic rings. The second-order valence-corrected chi connectivity index (χ2v) is 6.58. The lowest BCUT2D eigenvalue weighted by Gasteiger charge is -2.56. The van der Waals surface area contributed by atoms with E-state index >= 15 is 0 Å². The van der Waals surface area contributed by atoms with Gasteiger partial charge in [0.15, 0.2) is 5.16 Å². The summed E-state index contributed by atoms with van der Waals surface area (Å²) < 4.78 is 0. The van der Waals surface area contributed by atoms with E-state index in [1.165, 1.54) is 0 Å². The van der Waals surface area contributed by atoms with E-state index in [4.69, 9.17) is 0 Å². The fourth-order valence-corrected chi connectivity index (χ4v) is 3.72. The highest BCUT2D eigenvalue weighted by Crippen LogP contribution is 2.35. The van der Waals surface area contributed by atoms with Gasteiger partial charge in [0.1, 0.15) is 5.82 Å².